The van der Waals surface area contributed by atoms with E-state index in [0.29, 0.717) is 16.9 Å². The molecule has 0 aliphatic carbocycles. The molecule has 6 nitrogen and oxygen atoms in total. The zero-order chi connectivity index (χ0) is 32.8. The molecule has 1 N–H and O–H groups in total. The molecule has 4 aromatic rings. The molecule has 0 bridgehead atoms. The first-order chi connectivity index (χ1) is 21.2. The van der Waals surface area contributed by atoms with Gasteiger partial charge in [0.1, 0.15) is 11.9 Å². The number of aryl methyl sites for hydroxylation is 3. The minimum Gasteiger partial charge on any atom is -0.496 e. The number of benzene rings is 4. The summed E-state index contributed by atoms with van der Waals surface area (Å²) in [5.74, 6) is -0.394. The van der Waals surface area contributed by atoms with Crippen LogP contribution in [0.25, 0.3) is 22.3 Å². The van der Waals surface area contributed by atoms with Gasteiger partial charge in [0.05, 0.1) is 30.8 Å². The number of methoxy groups -OCH3 is 1. The minimum absolute atomic E-state index is 0.154. The van der Waals surface area contributed by atoms with Crippen LogP contribution in [0.15, 0.2) is 66.7 Å². The van der Waals surface area contributed by atoms with E-state index < -0.39 is 35.9 Å². The molecule has 1 aliphatic rings. The van der Waals surface area contributed by atoms with Crippen molar-refractivity contribution < 1.29 is 37.3 Å². The average Bonchev–Trinajstić information content (AvgIpc) is 3.24. The van der Waals surface area contributed by atoms with Crippen molar-refractivity contribution in [3.63, 3.8) is 0 Å². The molecule has 4 aromatic carbocycles. The molecule has 2 atom stereocenters. The van der Waals surface area contributed by atoms with E-state index in [4.69, 9.17) is 9.47 Å². The van der Waals surface area contributed by atoms with Gasteiger partial charge in [0.25, 0.3) is 0 Å². The zero-order valence-corrected chi connectivity index (χ0v) is 27.4. The van der Waals surface area contributed by atoms with E-state index in [1.54, 1.807) is 50.1 Å². The van der Waals surface area contributed by atoms with E-state index in [2.05, 4.69) is 22.6 Å². The Labute approximate surface area is 272 Å². The van der Waals surface area contributed by atoms with E-state index in [1.807, 2.05) is 44.2 Å². The first-order valence-corrected chi connectivity index (χ1v) is 15.2. The highest BCUT2D eigenvalue weighted by molar-refractivity contribution is 14.1. The normalized spacial score (nSPS) is 16.6. The summed E-state index contributed by atoms with van der Waals surface area (Å²) in [6, 6.07) is 17.9. The van der Waals surface area contributed by atoms with Crippen molar-refractivity contribution in [3.8, 4) is 28.0 Å². The molecule has 10 heteroatoms. The van der Waals surface area contributed by atoms with Crippen molar-refractivity contribution in [3.05, 3.63) is 109 Å². The third-order valence-electron chi connectivity index (χ3n) is 8.06. The van der Waals surface area contributed by atoms with Crippen LogP contribution in [0.2, 0.25) is 0 Å². The van der Waals surface area contributed by atoms with Gasteiger partial charge in [-0.2, -0.15) is 13.2 Å². The summed E-state index contributed by atoms with van der Waals surface area (Å²) in [4.78, 5) is 26.3. The Hall–Kier alpha value is -4.06. The molecule has 0 saturated carbocycles. The summed E-state index contributed by atoms with van der Waals surface area (Å²) in [6.45, 7) is 7.33. The molecule has 1 saturated heterocycles. The van der Waals surface area contributed by atoms with Crippen LogP contribution in [-0.4, -0.2) is 35.2 Å². The summed E-state index contributed by atoms with van der Waals surface area (Å²) in [6.07, 6.45) is -6.01. The van der Waals surface area contributed by atoms with Crippen LogP contribution in [-0.2, 0) is 17.5 Å². The van der Waals surface area contributed by atoms with Gasteiger partial charge in [-0.3, -0.25) is 4.90 Å². The summed E-state index contributed by atoms with van der Waals surface area (Å²) >= 11 is 2.26. The Kier molecular flexibility index (Phi) is 8.90. The number of carboxylic acids is 1. The Balaban J connectivity index is 1.56. The van der Waals surface area contributed by atoms with Crippen molar-refractivity contribution in [2.45, 2.75) is 52.6 Å². The van der Waals surface area contributed by atoms with Gasteiger partial charge in [0.15, 0.2) is 0 Å². The van der Waals surface area contributed by atoms with Crippen molar-refractivity contribution in [1.82, 2.24) is 4.90 Å². The molecular formula is C35H31F3INO5. The molecule has 0 aromatic heterocycles. The molecule has 5 rings (SSSR count). The molecule has 45 heavy (non-hydrogen) atoms. The van der Waals surface area contributed by atoms with Gasteiger partial charge >= 0.3 is 18.2 Å². The van der Waals surface area contributed by atoms with Crippen LogP contribution < -0.4 is 4.74 Å². The van der Waals surface area contributed by atoms with E-state index in [9.17, 15) is 27.9 Å². The number of hydrogen-bond donors (Lipinski definition) is 1. The van der Waals surface area contributed by atoms with Gasteiger partial charge in [0, 0.05) is 14.7 Å². The number of halogens is 4. The molecule has 1 amide bonds. The maximum absolute atomic E-state index is 13.6. The molecule has 1 aliphatic heterocycles. The van der Waals surface area contributed by atoms with Gasteiger partial charge in [0.2, 0.25) is 0 Å². The quantitative estimate of drug-likeness (QED) is 0.192. The lowest BCUT2D eigenvalue weighted by Gasteiger charge is -2.24. The van der Waals surface area contributed by atoms with Crippen LogP contribution in [0.4, 0.5) is 18.0 Å². The Morgan fingerprint density at radius 3 is 2.33 bits per heavy atom. The van der Waals surface area contributed by atoms with Crippen molar-refractivity contribution in [1.29, 1.82) is 0 Å². The van der Waals surface area contributed by atoms with Crippen LogP contribution in [0.3, 0.4) is 0 Å². The summed E-state index contributed by atoms with van der Waals surface area (Å²) in [5.41, 5.74) is 6.07. The topological polar surface area (TPSA) is 76.1 Å². The van der Waals surface area contributed by atoms with Crippen LogP contribution in [0.1, 0.15) is 56.8 Å². The van der Waals surface area contributed by atoms with Gasteiger partial charge < -0.3 is 14.6 Å². The lowest BCUT2D eigenvalue weighted by atomic mass is 9.91. The summed E-state index contributed by atoms with van der Waals surface area (Å²) < 4.78 is 53.1. The Bertz CT molecular complexity index is 1820. The number of rotatable bonds is 7. The first kappa shape index (κ1) is 32.3. The fourth-order valence-corrected chi connectivity index (χ4v) is 7.04. The molecule has 1 heterocycles. The van der Waals surface area contributed by atoms with Crippen LogP contribution in [0.5, 0.6) is 5.75 Å². The number of cyclic esters (lactones) is 1. The second-order valence-corrected chi connectivity index (χ2v) is 12.5. The highest BCUT2D eigenvalue weighted by Crippen LogP contribution is 2.42. The fourth-order valence-electron chi connectivity index (χ4n) is 5.92. The third kappa shape index (κ3) is 6.51. The lowest BCUT2D eigenvalue weighted by molar-refractivity contribution is -0.137. The van der Waals surface area contributed by atoms with E-state index in [0.717, 1.165) is 54.6 Å². The number of nitrogens with zero attached hydrogens (tertiary/aromatic N) is 1. The number of carbonyl (C=O) groups is 2. The zero-order valence-electron chi connectivity index (χ0n) is 25.3. The third-order valence-corrected chi connectivity index (χ3v) is 8.91. The maximum atomic E-state index is 13.6. The fraction of sp³-hybridized carbons (Fsp3) is 0.257. The molecule has 234 valence electrons. The van der Waals surface area contributed by atoms with E-state index in [-0.39, 0.29) is 12.1 Å². The van der Waals surface area contributed by atoms with Gasteiger partial charge in [-0.1, -0.05) is 29.8 Å². The number of aromatic carboxylic acids is 1. The maximum Gasteiger partial charge on any atom is 0.416 e. The monoisotopic (exact) mass is 729 g/mol. The van der Waals surface area contributed by atoms with Gasteiger partial charge in [-0.15, -0.1) is 0 Å². The standard InChI is InChI=1S/C35H31F3INO5/c1-18-10-24(15-26(12-18)35(36,37)38)32-21(4)40(34(43)45-32)17-25-11-19(2)13-29(39)31(25)28-16-22(7-9-30(28)44-5)27-8-6-23(33(41)42)14-20(27)3/h6-16,21,32H,17H2,1-5H3,(H,41,42)/t21-,32-/m0/s1. The smallest absolute Gasteiger partial charge is 0.416 e. The minimum atomic E-state index is -4.52. The van der Waals surface area contributed by atoms with E-state index >= 15 is 0 Å². The summed E-state index contributed by atoms with van der Waals surface area (Å²) in [5, 5.41) is 9.41. The number of ether oxygens (including phenoxy) is 2. The molecule has 0 radical (unpaired) electrons. The number of carboxylic acid groups (broad SMARTS) is 1. The number of hydrogen-bond acceptors (Lipinski definition) is 4. The molecule has 0 unspecified atom stereocenters. The Morgan fingerprint density at radius 1 is 0.978 bits per heavy atom. The average molecular weight is 730 g/mol. The van der Waals surface area contributed by atoms with Crippen LogP contribution >= 0.6 is 22.6 Å². The second-order valence-electron chi connectivity index (χ2n) is 11.3. The van der Waals surface area contributed by atoms with Crippen molar-refractivity contribution >= 4 is 34.7 Å². The predicted octanol–water partition coefficient (Wildman–Crippen LogP) is 9.36. The van der Waals surface area contributed by atoms with Gasteiger partial charge in [-0.05, 0) is 126 Å². The van der Waals surface area contributed by atoms with Gasteiger partial charge in [-0.25, -0.2) is 9.59 Å². The first-order valence-electron chi connectivity index (χ1n) is 14.2. The van der Waals surface area contributed by atoms with Crippen molar-refractivity contribution in [2.75, 3.05) is 7.11 Å². The highest BCUT2D eigenvalue weighted by Gasteiger charge is 2.41. The highest BCUT2D eigenvalue weighted by atomic mass is 127. The molecule has 0 spiro atoms. The second kappa shape index (κ2) is 12.4. The van der Waals surface area contributed by atoms with E-state index in [1.165, 1.54) is 0 Å². The van der Waals surface area contributed by atoms with Crippen molar-refractivity contribution in [2.24, 2.45) is 0 Å². The molecular weight excluding hydrogens is 698 g/mol. The number of alkyl halides is 3. The largest absolute Gasteiger partial charge is 0.496 e. The SMILES string of the molecule is COc1ccc(-c2ccc(C(=O)O)cc2C)cc1-c1c(I)cc(C)cc1CN1C(=O)O[C@H](c2cc(C)cc(C(F)(F)F)c2)[C@@H]1C. The summed E-state index contributed by atoms with van der Waals surface area (Å²) in [7, 11) is 1.58. The number of carbonyl (C=O) groups excluding carboxylic acids is 1. The lowest BCUT2D eigenvalue weighted by Crippen LogP contribution is -2.31. The predicted molar refractivity (Wildman–Crippen MR) is 173 cm³/mol. The Morgan fingerprint density at radius 2 is 1.69 bits per heavy atom. The molecule has 1 fully saturated rings. The van der Waals surface area contributed by atoms with Crippen LogP contribution in [0, 0.1) is 24.3 Å². The number of amides is 1.